The number of hydrogen-bond acceptors (Lipinski definition) is 2. The fourth-order valence-corrected chi connectivity index (χ4v) is 4.28. The van der Waals surface area contributed by atoms with Gasteiger partial charge in [-0.3, -0.25) is 4.79 Å². The Kier molecular flexibility index (Phi) is 4.76. The van der Waals surface area contributed by atoms with Crippen LogP contribution in [0.2, 0.25) is 0 Å². The van der Waals surface area contributed by atoms with Crippen LogP contribution in [0.4, 0.5) is 0 Å². The van der Waals surface area contributed by atoms with E-state index in [1.807, 2.05) is 24.3 Å². The lowest BCUT2D eigenvalue weighted by atomic mass is 10.1. The second-order valence-corrected chi connectivity index (χ2v) is 7.38. The second-order valence-electron chi connectivity index (χ2n) is 5.39. The number of benzene rings is 1. The topological polar surface area (TPSA) is 29.1 Å². The van der Waals surface area contributed by atoms with Crippen LogP contribution in [-0.4, -0.2) is 5.91 Å². The summed E-state index contributed by atoms with van der Waals surface area (Å²) in [5, 5.41) is 3.02. The molecule has 1 aliphatic rings. The van der Waals surface area contributed by atoms with Crippen molar-refractivity contribution in [3.63, 3.8) is 0 Å². The van der Waals surface area contributed by atoms with Gasteiger partial charge in [-0.15, -0.1) is 11.3 Å². The summed E-state index contributed by atoms with van der Waals surface area (Å²) in [6.45, 7) is 0.558. The number of halogens is 1. The average molecular weight is 364 g/mol. The van der Waals surface area contributed by atoms with E-state index in [0.717, 1.165) is 27.8 Å². The van der Waals surface area contributed by atoms with Gasteiger partial charge in [0.1, 0.15) is 0 Å². The standard InChI is InChI=1S/C17H18BrNOS/c18-14-8-5-4-7-13(14)11-19-17(20)16-10-12-6-2-1-3-9-15(12)21-16/h4-5,7-8,10H,1-3,6,9,11H2,(H,19,20). The number of nitrogens with one attached hydrogen (secondary N) is 1. The average Bonchev–Trinajstić information content (AvgIpc) is 2.77. The highest BCUT2D eigenvalue weighted by Gasteiger charge is 2.16. The molecular weight excluding hydrogens is 346 g/mol. The van der Waals surface area contributed by atoms with E-state index in [9.17, 15) is 4.79 Å². The van der Waals surface area contributed by atoms with Crippen LogP contribution in [0.15, 0.2) is 34.8 Å². The molecule has 2 nitrogen and oxygen atoms in total. The van der Waals surface area contributed by atoms with E-state index < -0.39 is 0 Å². The predicted octanol–water partition coefficient (Wildman–Crippen LogP) is 4.71. The molecule has 1 aliphatic carbocycles. The van der Waals surface area contributed by atoms with Crippen LogP contribution in [-0.2, 0) is 19.4 Å². The molecule has 21 heavy (non-hydrogen) atoms. The van der Waals surface area contributed by atoms with E-state index in [4.69, 9.17) is 0 Å². The lowest BCUT2D eigenvalue weighted by molar-refractivity contribution is 0.0955. The van der Waals surface area contributed by atoms with Gasteiger partial charge in [0.25, 0.3) is 5.91 Å². The van der Waals surface area contributed by atoms with E-state index in [-0.39, 0.29) is 5.91 Å². The van der Waals surface area contributed by atoms with Gasteiger partial charge in [-0.1, -0.05) is 40.5 Å². The van der Waals surface area contributed by atoms with E-state index >= 15 is 0 Å². The second kappa shape index (κ2) is 6.75. The summed E-state index contributed by atoms with van der Waals surface area (Å²) < 4.78 is 1.03. The third kappa shape index (κ3) is 3.55. The van der Waals surface area contributed by atoms with Gasteiger partial charge >= 0.3 is 0 Å². The number of amides is 1. The van der Waals surface area contributed by atoms with Gasteiger partial charge in [-0.05, 0) is 48.9 Å². The van der Waals surface area contributed by atoms with Gasteiger partial charge in [0, 0.05) is 15.9 Å². The molecule has 0 fully saturated rings. The van der Waals surface area contributed by atoms with Gasteiger partial charge in [-0.2, -0.15) is 0 Å². The molecule has 0 saturated carbocycles. The zero-order valence-electron chi connectivity index (χ0n) is 11.8. The maximum absolute atomic E-state index is 12.3. The molecule has 0 radical (unpaired) electrons. The van der Waals surface area contributed by atoms with Crippen LogP contribution in [0.1, 0.15) is 44.9 Å². The first-order valence-corrected chi connectivity index (χ1v) is 8.98. The van der Waals surface area contributed by atoms with Crippen molar-refractivity contribution in [3.8, 4) is 0 Å². The number of hydrogen-bond donors (Lipinski definition) is 1. The van der Waals surface area contributed by atoms with Crippen molar-refractivity contribution >= 4 is 33.2 Å². The zero-order valence-corrected chi connectivity index (χ0v) is 14.2. The van der Waals surface area contributed by atoms with Crippen molar-refractivity contribution < 1.29 is 4.79 Å². The molecule has 4 heteroatoms. The van der Waals surface area contributed by atoms with Crippen LogP contribution in [0, 0.1) is 0 Å². The summed E-state index contributed by atoms with van der Waals surface area (Å²) >= 11 is 5.18. The van der Waals surface area contributed by atoms with Crippen LogP contribution in [0.5, 0.6) is 0 Å². The molecule has 0 spiro atoms. The molecule has 0 saturated heterocycles. The highest BCUT2D eigenvalue weighted by atomic mass is 79.9. The summed E-state index contributed by atoms with van der Waals surface area (Å²) in [6.07, 6.45) is 6.08. The van der Waals surface area contributed by atoms with E-state index in [1.165, 1.54) is 29.7 Å². The van der Waals surface area contributed by atoms with Crippen molar-refractivity contribution in [1.82, 2.24) is 5.32 Å². The van der Waals surface area contributed by atoms with Crippen molar-refractivity contribution in [3.05, 3.63) is 55.7 Å². The summed E-state index contributed by atoms with van der Waals surface area (Å²) in [4.78, 5) is 14.6. The molecule has 2 aromatic rings. The molecule has 1 aromatic heterocycles. The first-order chi connectivity index (χ1) is 10.2. The molecule has 1 amide bonds. The minimum absolute atomic E-state index is 0.0452. The maximum Gasteiger partial charge on any atom is 0.261 e. The molecular formula is C17H18BrNOS. The predicted molar refractivity (Wildman–Crippen MR) is 90.9 cm³/mol. The van der Waals surface area contributed by atoms with E-state index in [1.54, 1.807) is 11.3 Å². The van der Waals surface area contributed by atoms with Crippen LogP contribution in [0.3, 0.4) is 0 Å². The fraction of sp³-hybridized carbons (Fsp3) is 0.353. The molecule has 0 unspecified atom stereocenters. The van der Waals surface area contributed by atoms with Gasteiger partial charge in [0.15, 0.2) is 0 Å². The Bertz CT molecular complexity index is 626. The zero-order chi connectivity index (χ0) is 14.7. The smallest absolute Gasteiger partial charge is 0.261 e. The number of thiophene rings is 1. The van der Waals surface area contributed by atoms with Crippen molar-refractivity contribution in [2.75, 3.05) is 0 Å². The lowest BCUT2D eigenvalue weighted by Crippen LogP contribution is -2.22. The van der Waals surface area contributed by atoms with Crippen LogP contribution < -0.4 is 5.32 Å². The summed E-state index contributed by atoms with van der Waals surface area (Å²) in [5.74, 6) is 0.0452. The first kappa shape index (κ1) is 14.8. The fourth-order valence-electron chi connectivity index (χ4n) is 2.68. The molecule has 0 bridgehead atoms. The molecule has 3 rings (SSSR count). The van der Waals surface area contributed by atoms with Crippen molar-refractivity contribution in [2.45, 2.75) is 38.6 Å². The normalized spacial score (nSPS) is 14.3. The molecule has 0 aliphatic heterocycles. The monoisotopic (exact) mass is 363 g/mol. The number of rotatable bonds is 3. The first-order valence-electron chi connectivity index (χ1n) is 7.37. The highest BCUT2D eigenvalue weighted by molar-refractivity contribution is 9.10. The third-order valence-electron chi connectivity index (χ3n) is 3.87. The highest BCUT2D eigenvalue weighted by Crippen LogP contribution is 2.29. The number of carbonyl (C=O) groups is 1. The van der Waals surface area contributed by atoms with E-state index in [2.05, 4.69) is 27.3 Å². The number of carbonyl (C=O) groups excluding carboxylic acids is 1. The van der Waals surface area contributed by atoms with Crippen LogP contribution >= 0.6 is 27.3 Å². The number of aryl methyl sites for hydroxylation is 2. The Morgan fingerprint density at radius 1 is 1.19 bits per heavy atom. The summed E-state index contributed by atoms with van der Waals surface area (Å²) in [6, 6.07) is 10.1. The summed E-state index contributed by atoms with van der Waals surface area (Å²) in [5.41, 5.74) is 2.49. The molecule has 1 heterocycles. The minimum Gasteiger partial charge on any atom is -0.347 e. The number of fused-ring (bicyclic) bond motifs is 1. The Labute approximate surface area is 137 Å². The molecule has 1 aromatic carbocycles. The van der Waals surface area contributed by atoms with Crippen molar-refractivity contribution in [1.29, 1.82) is 0 Å². The van der Waals surface area contributed by atoms with Gasteiger partial charge in [-0.25, -0.2) is 0 Å². The molecule has 0 atom stereocenters. The Morgan fingerprint density at radius 3 is 2.86 bits per heavy atom. The molecule has 1 N–H and O–H groups in total. The Morgan fingerprint density at radius 2 is 2.00 bits per heavy atom. The quantitative estimate of drug-likeness (QED) is 0.786. The van der Waals surface area contributed by atoms with Gasteiger partial charge in [0.05, 0.1) is 4.88 Å². The van der Waals surface area contributed by atoms with Crippen molar-refractivity contribution in [2.24, 2.45) is 0 Å². The van der Waals surface area contributed by atoms with Gasteiger partial charge < -0.3 is 5.32 Å². The van der Waals surface area contributed by atoms with E-state index in [0.29, 0.717) is 6.54 Å². The summed E-state index contributed by atoms with van der Waals surface area (Å²) in [7, 11) is 0. The SMILES string of the molecule is O=C(NCc1ccccc1Br)c1cc2c(s1)CCCCC2. The Balaban J connectivity index is 1.67. The minimum atomic E-state index is 0.0452. The largest absolute Gasteiger partial charge is 0.347 e. The third-order valence-corrected chi connectivity index (χ3v) is 5.88. The van der Waals surface area contributed by atoms with Crippen LogP contribution in [0.25, 0.3) is 0 Å². The van der Waals surface area contributed by atoms with Gasteiger partial charge in [0.2, 0.25) is 0 Å². The maximum atomic E-state index is 12.3. The Hall–Kier alpha value is -1.13. The lowest BCUT2D eigenvalue weighted by Gasteiger charge is -2.05. The molecule has 110 valence electrons.